The van der Waals surface area contributed by atoms with Crippen LogP contribution in [0.2, 0.25) is 0 Å². The van der Waals surface area contributed by atoms with Gasteiger partial charge in [0.15, 0.2) is 0 Å². The molecule has 28 heavy (non-hydrogen) atoms. The van der Waals surface area contributed by atoms with Crippen molar-refractivity contribution in [3.63, 3.8) is 0 Å². The van der Waals surface area contributed by atoms with Gasteiger partial charge < -0.3 is 10.2 Å². The van der Waals surface area contributed by atoms with E-state index < -0.39 is 0 Å². The average molecular weight is 376 g/mol. The Hall–Kier alpha value is -3.22. The summed E-state index contributed by atoms with van der Waals surface area (Å²) in [6.07, 6.45) is 5.40. The summed E-state index contributed by atoms with van der Waals surface area (Å²) in [6, 6.07) is 12.0. The molecule has 1 N–H and O–H groups in total. The van der Waals surface area contributed by atoms with E-state index in [1.807, 2.05) is 66.0 Å². The Morgan fingerprint density at radius 2 is 1.93 bits per heavy atom. The highest BCUT2D eigenvalue weighted by Crippen LogP contribution is 2.24. The first-order chi connectivity index (χ1) is 13.6. The van der Waals surface area contributed by atoms with Crippen molar-refractivity contribution in [2.45, 2.75) is 32.7 Å². The van der Waals surface area contributed by atoms with Gasteiger partial charge in [0.2, 0.25) is 0 Å². The standard InChI is InChI=1S/C21H24N6O/c1-15-6-7-16(2)19(13-15)23-21(28)26-11-8-17(9-12-26)27-14-20(24-25-27)18-5-3-4-10-22-18/h3-7,10,13-14,17H,8-9,11-12H2,1-2H3,(H,23,28). The molecule has 1 saturated heterocycles. The van der Waals surface area contributed by atoms with Crippen molar-refractivity contribution in [2.24, 2.45) is 0 Å². The zero-order valence-corrected chi connectivity index (χ0v) is 16.2. The van der Waals surface area contributed by atoms with E-state index in [4.69, 9.17) is 0 Å². The number of likely N-dealkylation sites (tertiary alicyclic amines) is 1. The number of aryl methyl sites for hydroxylation is 2. The normalized spacial score (nSPS) is 14.9. The highest BCUT2D eigenvalue weighted by molar-refractivity contribution is 5.90. The van der Waals surface area contributed by atoms with Gasteiger partial charge in [-0.2, -0.15) is 0 Å². The van der Waals surface area contributed by atoms with E-state index in [1.54, 1.807) is 6.20 Å². The number of hydrogen-bond donors (Lipinski definition) is 1. The van der Waals surface area contributed by atoms with Crippen molar-refractivity contribution in [3.8, 4) is 11.4 Å². The molecular formula is C21H24N6O. The van der Waals surface area contributed by atoms with Crippen LogP contribution in [0.25, 0.3) is 11.4 Å². The molecule has 0 radical (unpaired) electrons. The Bertz CT molecular complexity index is 960. The molecule has 144 valence electrons. The highest BCUT2D eigenvalue weighted by atomic mass is 16.2. The smallest absolute Gasteiger partial charge is 0.321 e. The lowest BCUT2D eigenvalue weighted by Crippen LogP contribution is -2.41. The van der Waals surface area contributed by atoms with E-state index >= 15 is 0 Å². The van der Waals surface area contributed by atoms with Crippen molar-refractivity contribution in [2.75, 3.05) is 18.4 Å². The van der Waals surface area contributed by atoms with E-state index in [1.165, 1.54) is 0 Å². The Morgan fingerprint density at radius 3 is 2.68 bits per heavy atom. The van der Waals surface area contributed by atoms with Crippen molar-refractivity contribution in [1.29, 1.82) is 0 Å². The minimum absolute atomic E-state index is 0.0417. The monoisotopic (exact) mass is 376 g/mol. The SMILES string of the molecule is Cc1ccc(C)c(NC(=O)N2CCC(n3cc(-c4ccccn4)nn3)CC2)c1. The summed E-state index contributed by atoms with van der Waals surface area (Å²) in [7, 11) is 0. The van der Waals surface area contributed by atoms with Crippen LogP contribution in [0.3, 0.4) is 0 Å². The second-order valence-electron chi connectivity index (χ2n) is 7.27. The van der Waals surface area contributed by atoms with Crippen LogP contribution < -0.4 is 5.32 Å². The summed E-state index contributed by atoms with van der Waals surface area (Å²) in [5.74, 6) is 0. The van der Waals surface area contributed by atoms with E-state index in [-0.39, 0.29) is 12.1 Å². The van der Waals surface area contributed by atoms with Crippen molar-refractivity contribution in [3.05, 3.63) is 59.9 Å². The largest absolute Gasteiger partial charge is 0.324 e. The third-order valence-corrected chi connectivity index (χ3v) is 5.20. The van der Waals surface area contributed by atoms with Gasteiger partial charge in [-0.3, -0.25) is 4.98 Å². The molecular weight excluding hydrogens is 352 g/mol. The maximum Gasteiger partial charge on any atom is 0.321 e. The fourth-order valence-electron chi connectivity index (χ4n) is 3.49. The van der Waals surface area contributed by atoms with E-state index in [0.717, 1.165) is 41.0 Å². The highest BCUT2D eigenvalue weighted by Gasteiger charge is 2.25. The second-order valence-corrected chi connectivity index (χ2v) is 7.27. The molecule has 2 aromatic heterocycles. The summed E-state index contributed by atoms with van der Waals surface area (Å²) in [5.41, 5.74) is 4.67. The Morgan fingerprint density at radius 1 is 1.11 bits per heavy atom. The van der Waals surface area contributed by atoms with E-state index in [9.17, 15) is 4.79 Å². The van der Waals surface area contributed by atoms with E-state index in [2.05, 4.69) is 20.6 Å². The molecule has 7 nitrogen and oxygen atoms in total. The topological polar surface area (TPSA) is 75.9 Å². The minimum atomic E-state index is -0.0417. The average Bonchev–Trinajstić information content (AvgIpc) is 3.22. The molecule has 3 heterocycles. The van der Waals surface area contributed by atoms with Crippen LogP contribution in [-0.2, 0) is 0 Å². The van der Waals surface area contributed by atoms with Crippen LogP contribution in [0.5, 0.6) is 0 Å². The van der Waals surface area contributed by atoms with Crippen molar-refractivity contribution in [1.82, 2.24) is 24.9 Å². The van der Waals surface area contributed by atoms with Gasteiger partial charge in [0, 0.05) is 25.0 Å². The summed E-state index contributed by atoms with van der Waals surface area (Å²) in [6.45, 7) is 5.42. The zero-order chi connectivity index (χ0) is 19.5. The number of pyridine rings is 1. The van der Waals surface area contributed by atoms with Gasteiger partial charge in [0.25, 0.3) is 0 Å². The van der Waals surface area contributed by atoms with Gasteiger partial charge in [-0.25, -0.2) is 9.48 Å². The number of aromatic nitrogens is 4. The molecule has 2 amide bonds. The van der Waals surface area contributed by atoms with Crippen LogP contribution in [0.1, 0.15) is 30.0 Å². The maximum absolute atomic E-state index is 12.6. The lowest BCUT2D eigenvalue weighted by Gasteiger charge is -2.32. The molecule has 0 bridgehead atoms. The molecule has 0 spiro atoms. The number of carbonyl (C=O) groups excluding carboxylic acids is 1. The first-order valence-corrected chi connectivity index (χ1v) is 9.56. The minimum Gasteiger partial charge on any atom is -0.324 e. The molecule has 0 saturated carbocycles. The summed E-state index contributed by atoms with van der Waals surface area (Å²) in [5, 5.41) is 11.6. The Labute approximate surface area is 164 Å². The molecule has 0 unspecified atom stereocenters. The molecule has 1 aliphatic rings. The lowest BCUT2D eigenvalue weighted by molar-refractivity contribution is 0.179. The van der Waals surface area contributed by atoms with Crippen molar-refractivity contribution >= 4 is 11.7 Å². The predicted molar refractivity (Wildman–Crippen MR) is 108 cm³/mol. The second kappa shape index (κ2) is 7.80. The number of anilines is 1. The van der Waals surface area contributed by atoms with Crippen molar-refractivity contribution < 1.29 is 4.79 Å². The molecule has 7 heteroatoms. The number of nitrogens with zero attached hydrogens (tertiary/aromatic N) is 5. The molecule has 1 fully saturated rings. The fraction of sp³-hybridized carbons (Fsp3) is 0.333. The number of nitrogens with one attached hydrogen (secondary N) is 1. The Balaban J connectivity index is 1.36. The molecule has 1 aromatic carbocycles. The predicted octanol–water partition coefficient (Wildman–Crippen LogP) is 3.83. The fourth-order valence-corrected chi connectivity index (χ4v) is 3.49. The Kier molecular flexibility index (Phi) is 5.06. The van der Waals surface area contributed by atoms with Crippen LogP contribution >= 0.6 is 0 Å². The van der Waals surface area contributed by atoms with Gasteiger partial charge in [-0.15, -0.1) is 5.10 Å². The first kappa shape index (κ1) is 18.2. The maximum atomic E-state index is 12.6. The summed E-state index contributed by atoms with van der Waals surface area (Å²) < 4.78 is 1.91. The third kappa shape index (κ3) is 3.88. The molecule has 1 aliphatic heterocycles. The number of piperidine rings is 1. The number of benzene rings is 1. The first-order valence-electron chi connectivity index (χ1n) is 9.56. The number of carbonyl (C=O) groups is 1. The number of hydrogen-bond acceptors (Lipinski definition) is 4. The summed E-state index contributed by atoms with van der Waals surface area (Å²) in [4.78, 5) is 18.8. The molecule has 3 aromatic rings. The molecule has 4 rings (SSSR count). The van der Waals surface area contributed by atoms with Gasteiger partial charge in [0.05, 0.1) is 17.9 Å². The van der Waals surface area contributed by atoms with Crippen LogP contribution in [0, 0.1) is 13.8 Å². The molecule has 0 aliphatic carbocycles. The molecule has 0 atom stereocenters. The summed E-state index contributed by atoms with van der Waals surface area (Å²) >= 11 is 0. The lowest BCUT2D eigenvalue weighted by atomic mass is 10.1. The van der Waals surface area contributed by atoms with Gasteiger partial charge in [-0.05, 0) is 56.0 Å². The number of rotatable bonds is 3. The quantitative estimate of drug-likeness (QED) is 0.754. The number of amides is 2. The van der Waals surface area contributed by atoms with Crippen LogP contribution in [0.15, 0.2) is 48.8 Å². The van der Waals surface area contributed by atoms with E-state index in [0.29, 0.717) is 13.1 Å². The van der Waals surface area contributed by atoms with Crippen LogP contribution in [0.4, 0.5) is 10.5 Å². The van der Waals surface area contributed by atoms with Gasteiger partial charge >= 0.3 is 6.03 Å². The zero-order valence-electron chi connectivity index (χ0n) is 16.2. The van der Waals surface area contributed by atoms with Gasteiger partial charge in [0.1, 0.15) is 5.69 Å². The third-order valence-electron chi connectivity index (χ3n) is 5.20. The van der Waals surface area contributed by atoms with Crippen LogP contribution in [-0.4, -0.2) is 44.0 Å². The van der Waals surface area contributed by atoms with Gasteiger partial charge in [-0.1, -0.05) is 23.4 Å². The number of urea groups is 1.